The molecule has 0 bridgehead atoms. The maximum Gasteiger partial charge on any atom is 0.237 e. The van der Waals surface area contributed by atoms with E-state index in [0.717, 1.165) is 44.5 Å². The Morgan fingerprint density at radius 3 is 2.92 bits per heavy atom. The molecule has 1 unspecified atom stereocenters. The molecule has 2 aliphatic rings. The zero-order chi connectivity index (χ0) is 18.4. The molecule has 0 spiro atoms. The number of nitrogens with zero attached hydrogens (tertiary/aromatic N) is 4. The molecular formula is C19H24N6O. The van der Waals surface area contributed by atoms with Crippen molar-refractivity contribution in [2.45, 2.75) is 44.2 Å². The van der Waals surface area contributed by atoms with E-state index in [1.54, 1.807) is 17.2 Å². The molecule has 2 fully saturated rings. The van der Waals surface area contributed by atoms with Crippen LogP contribution in [0.3, 0.4) is 0 Å². The highest BCUT2D eigenvalue weighted by molar-refractivity contribution is 5.79. The SMILES string of the molecule is N#Cc1ccc(NCC2CC[C@@H](NCC(=O)N3CCC[C@H]3C#N)C2)nc1. The Bertz CT molecular complexity index is 704. The summed E-state index contributed by atoms with van der Waals surface area (Å²) in [6.45, 7) is 1.86. The fraction of sp³-hybridized carbons (Fsp3) is 0.579. The minimum atomic E-state index is -0.246. The van der Waals surface area contributed by atoms with Crippen LogP contribution in [0.2, 0.25) is 0 Å². The smallest absolute Gasteiger partial charge is 0.237 e. The van der Waals surface area contributed by atoms with E-state index in [0.29, 0.717) is 30.6 Å². The second-order valence-electron chi connectivity index (χ2n) is 7.06. The molecule has 1 amide bonds. The number of carbonyl (C=O) groups excluding carboxylic acids is 1. The van der Waals surface area contributed by atoms with Gasteiger partial charge >= 0.3 is 0 Å². The number of nitriles is 2. The average molecular weight is 352 g/mol. The van der Waals surface area contributed by atoms with Crippen LogP contribution in [0.4, 0.5) is 5.82 Å². The molecule has 1 aromatic rings. The highest BCUT2D eigenvalue weighted by Crippen LogP contribution is 2.26. The van der Waals surface area contributed by atoms with Gasteiger partial charge in [0, 0.05) is 25.3 Å². The van der Waals surface area contributed by atoms with Crippen molar-refractivity contribution in [3.05, 3.63) is 23.9 Å². The second kappa shape index (κ2) is 8.64. The normalized spacial score (nSPS) is 24.8. The van der Waals surface area contributed by atoms with Gasteiger partial charge in [0.1, 0.15) is 17.9 Å². The van der Waals surface area contributed by atoms with Gasteiger partial charge in [0.2, 0.25) is 5.91 Å². The molecule has 3 atom stereocenters. The number of likely N-dealkylation sites (tertiary alicyclic amines) is 1. The van der Waals surface area contributed by atoms with Crippen LogP contribution in [0.25, 0.3) is 0 Å². The molecule has 1 saturated carbocycles. The minimum Gasteiger partial charge on any atom is -0.370 e. The largest absolute Gasteiger partial charge is 0.370 e. The zero-order valence-electron chi connectivity index (χ0n) is 14.8. The lowest BCUT2D eigenvalue weighted by atomic mass is 10.1. The molecule has 7 heteroatoms. The molecule has 0 radical (unpaired) electrons. The van der Waals surface area contributed by atoms with Crippen LogP contribution in [0.1, 0.15) is 37.7 Å². The van der Waals surface area contributed by atoms with Gasteiger partial charge in [-0.05, 0) is 50.2 Å². The maximum atomic E-state index is 12.3. The van der Waals surface area contributed by atoms with Crippen LogP contribution in [-0.2, 0) is 4.79 Å². The summed E-state index contributed by atoms with van der Waals surface area (Å²) in [5.74, 6) is 1.36. The number of hydrogen-bond donors (Lipinski definition) is 2. The van der Waals surface area contributed by atoms with E-state index in [2.05, 4.69) is 27.8 Å². The van der Waals surface area contributed by atoms with Crippen molar-refractivity contribution in [3.63, 3.8) is 0 Å². The molecule has 7 nitrogen and oxygen atoms in total. The van der Waals surface area contributed by atoms with Gasteiger partial charge in [-0.3, -0.25) is 4.79 Å². The summed E-state index contributed by atoms with van der Waals surface area (Å²) in [5.41, 5.74) is 0.557. The van der Waals surface area contributed by atoms with Crippen molar-refractivity contribution in [2.75, 3.05) is 25.0 Å². The van der Waals surface area contributed by atoms with Crippen molar-refractivity contribution in [1.82, 2.24) is 15.2 Å². The average Bonchev–Trinajstić information content (AvgIpc) is 3.34. The first kappa shape index (κ1) is 18.2. The van der Waals surface area contributed by atoms with Gasteiger partial charge in [0.15, 0.2) is 0 Å². The molecular weight excluding hydrogens is 328 g/mol. The number of anilines is 1. The number of nitrogens with one attached hydrogen (secondary N) is 2. The van der Waals surface area contributed by atoms with E-state index in [1.165, 1.54) is 0 Å². The van der Waals surface area contributed by atoms with Crippen molar-refractivity contribution in [2.24, 2.45) is 5.92 Å². The summed E-state index contributed by atoms with van der Waals surface area (Å²) in [4.78, 5) is 18.2. The highest BCUT2D eigenvalue weighted by atomic mass is 16.2. The lowest BCUT2D eigenvalue weighted by Crippen LogP contribution is -2.43. The van der Waals surface area contributed by atoms with Crippen molar-refractivity contribution in [3.8, 4) is 12.1 Å². The Balaban J connectivity index is 1.38. The fourth-order valence-corrected chi connectivity index (χ4v) is 3.79. The highest BCUT2D eigenvalue weighted by Gasteiger charge is 2.30. The third-order valence-corrected chi connectivity index (χ3v) is 5.27. The number of hydrogen-bond acceptors (Lipinski definition) is 6. The Kier molecular flexibility index (Phi) is 6.04. The molecule has 2 heterocycles. The zero-order valence-corrected chi connectivity index (χ0v) is 14.8. The minimum absolute atomic E-state index is 0.0393. The summed E-state index contributed by atoms with van der Waals surface area (Å²) >= 11 is 0. The summed E-state index contributed by atoms with van der Waals surface area (Å²) in [6, 6.07) is 7.96. The van der Waals surface area contributed by atoms with Gasteiger partial charge in [-0.2, -0.15) is 10.5 Å². The topological polar surface area (TPSA) is 105 Å². The lowest BCUT2D eigenvalue weighted by molar-refractivity contribution is -0.130. The Morgan fingerprint density at radius 2 is 2.19 bits per heavy atom. The van der Waals surface area contributed by atoms with Gasteiger partial charge in [-0.1, -0.05) is 0 Å². The van der Waals surface area contributed by atoms with Crippen LogP contribution >= 0.6 is 0 Å². The van der Waals surface area contributed by atoms with E-state index in [4.69, 9.17) is 10.5 Å². The summed E-state index contributed by atoms with van der Waals surface area (Å²) in [7, 11) is 0. The first-order chi connectivity index (χ1) is 12.7. The van der Waals surface area contributed by atoms with Gasteiger partial charge in [0.25, 0.3) is 0 Å². The monoisotopic (exact) mass is 352 g/mol. The van der Waals surface area contributed by atoms with Crippen LogP contribution in [0, 0.1) is 28.6 Å². The van der Waals surface area contributed by atoms with E-state index in [-0.39, 0.29) is 11.9 Å². The standard InChI is InChI=1S/C19H24N6O/c20-9-15-4-6-18(24-12-15)23-11-14-3-5-16(8-14)22-13-19(26)25-7-1-2-17(25)10-21/h4,6,12,14,16-17,22H,1-3,5,7-8,11,13H2,(H,23,24)/t14?,16-,17+/m1/s1. The number of amides is 1. The second-order valence-corrected chi connectivity index (χ2v) is 7.06. The van der Waals surface area contributed by atoms with Crippen molar-refractivity contribution >= 4 is 11.7 Å². The first-order valence-corrected chi connectivity index (χ1v) is 9.22. The molecule has 3 rings (SSSR count). The van der Waals surface area contributed by atoms with Crippen LogP contribution < -0.4 is 10.6 Å². The molecule has 1 saturated heterocycles. The van der Waals surface area contributed by atoms with Gasteiger partial charge < -0.3 is 15.5 Å². The van der Waals surface area contributed by atoms with Crippen LogP contribution in [0.5, 0.6) is 0 Å². The quantitative estimate of drug-likeness (QED) is 0.806. The third kappa shape index (κ3) is 4.50. The molecule has 2 N–H and O–H groups in total. The molecule has 1 aromatic heterocycles. The summed E-state index contributed by atoms with van der Waals surface area (Å²) in [6.07, 6.45) is 6.48. The van der Waals surface area contributed by atoms with Crippen molar-refractivity contribution < 1.29 is 4.79 Å². The van der Waals surface area contributed by atoms with E-state index < -0.39 is 0 Å². The Hall–Kier alpha value is -2.64. The van der Waals surface area contributed by atoms with Crippen LogP contribution in [-0.4, -0.2) is 47.5 Å². The first-order valence-electron chi connectivity index (χ1n) is 9.22. The number of aromatic nitrogens is 1. The van der Waals surface area contributed by atoms with Gasteiger partial charge in [0.05, 0.1) is 18.2 Å². The predicted molar refractivity (Wildman–Crippen MR) is 96.9 cm³/mol. The lowest BCUT2D eigenvalue weighted by Gasteiger charge is -2.21. The van der Waals surface area contributed by atoms with Gasteiger partial charge in [-0.15, -0.1) is 0 Å². The third-order valence-electron chi connectivity index (χ3n) is 5.27. The molecule has 26 heavy (non-hydrogen) atoms. The molecule has 1 aliphatic carbocycles. The molecule has 0 aromatic carbocycles. The van der Waals surface area contributed by atoms with E-state index in [9.17, 15) is 4.79 Å². The number of rotatable bonds is 6. The predicted octanol–water partition coefficient (Wildman–Crippen LogP) is 1.64. The number of carbonyl (C=O) groups is 1. The summed E-state index contributed by atoms with van der Waals surface area (Å²) in [5, 5.41) is 24.6. The van der Waals surface area contributed by atoms with E-state index >= 15 is 0 Å². The maximum absolute atomic E-state index is 12.3. The fourth-order valence-electron chi connectivity index (χ4n) is 3.79. The molecule has 136 valence electrons. The Morgan fingerprint density at radius 1 is 1.31 bits per heavy atom. The van der Waals surface area contributed by atoms with Crippen LogP contribution in [0.15, 0.2) is 18.3 Å². The van der Waals surface area contributed by atoms with E-state index in [1.807, 2.05) is 6.07 Å². The van der Waals surface area contributed by atoms with Gasteiger partial charge in [-0.25, -0.2) is 4.98 Å². The number of pyridine rings is 1. The molecule has 1 aliphatic heterocycles. The summed E-state index contributed by atoms with van der Waals surface area (Å²) < 4.78 is 0. The Labute approximate surface area is 154 Å². The van der Waals surface area contributed by atoms with Crippen molar-refractivity contribution in [1.29, 1.82) is 10.5 Å².